The summed E-state index contributed by atoms with van der Waals surface area (Å²) in [6.07, 6.45) is 6.89. The quantitative estimate of drug-likeness (QED) is 0.339. The fourth-order valence-electron chi connectivity index (χ4n) is 3.59. The van der Waals surface area contributed by atoms with Crippen molar-refractivity contribution in [2.45, 2.75) is 4.90 Å². The Balaban J connectivity index is 1.46. The minimum Gasteiger partial charge on any atom is -0.266 e. The molecular weight excluding hydrogens is 492 g/mol. The van der Waals surface area contributed by atoms with Gasteiger partial charge in [0.2, 0.25) is 0 Å². The number of hydrogen-bond acceptors (Lipinski definition) is 6. The molecule has 0 fully saturated rings. The monoisotopic (exact) mass is 512 g/mol. The van der Waals surface area contributed by atoms with E-state index in [1.54, 1.807) is 29.7 Å². The predicted molar refractivity (Wildman–Crippen MR) is 143 cm³/mol. The van der Waals surface area contributed by atoms with Crippen LogP contribution in [0.25, 0.3) is 6.08 Å². The number of rotatable bonds is 7. The van der Waals surface area contributed by atoms with Gasteiger partial charge in [-0.25, -0.2) is 18.4 Å². The van der Waals surface area contributed by atoms with Crippen LogP contribution in [0.1, 0.15) is 11.1 Å². The molecule has 9 heteroatoms. The molecule has 0 bridgehead atoms. The molecule has 0 unspecified atom stereocenters. The van der Waals surface area contributed by atoms with Crippen LogP contribution in [0.4, 0.5) is 10.8 Å². The summed E-state index contributed by atoms with van der Waals surface area (Å²) in [7, 11) is -3.81. The number of carbonyl (C=O) groups is 1. The first-order chi connectivity index (χ1) is 17.5. The lowest BCUT2D eigenvalue weighted by molar-refractivity contribution is -0.113. The number of hydrogen-bond donors (Lipinski definition) is 1. The molecule has 0 radical (unpaired) electrons. The van der Waals surface area contributed by atoms with Gasteiger partial charge in [0.15, 0.2) is 5.13 Å². The van der Waals surface area contributed by atoms with Crippen molar-refractivity contribution in [1.29, 1.82) is 0 Å². The van der Waals surface area contributed by atoms with Crippen molar-refractivity contribution in [3.8, 4) is 0 Å². The maximum atomic E-state index is 13.4. The van der Waals surface area contributed by atoms with Crippen LogP contribution in [0.2, 0.25) is 0 Å². The van der Waals surface area contributed by atoms with Crippen molar-refractivity contribution >= 4 is 50.0 Å². The number of aromatic nitrogens is 1. The van der Waals surface area contributed by atoms with Gasteiger partial charge in [-0.05, 0) is 35.9 Å². The smallest absolute Gasteiger partial charge is 0.266 e. The van der Waals surface area contributed by atoms with Crippen molar-refractivity contribution in [1.82, 2.24) is 4.98 Å². The molecule has 0 atom stereocenters. The number of anilines is 2. The first-order valence-corrected chi connectivity index (χ1v) is 13.3. The summed E-state index contributed by atoms with van der Waals surface area (Å²) in [6.45, 7) is 0. The lowest BCUT2D eigenvalue weighted by Gasteiger charge is -2.19. The number of allylic oxidation sites excluding steroid dienone is 2. The number of carbonyl (C=O) groups excluding carboxylic acids is 1. The topological polar surface area (TPSA) is 91.7 Å². The molecule has 5 rings (SSSR count). The molecule has 36 heavy (non-hydrogen) atoms. The molecule has 1 amide bonds. The number of benzene rings is 3. The third-order valence-electron chi connectivity index (χ3n) is 5.29. The van der Waals surface area contributed by atoms with Crippen molar-refractivity contribution in [2.24, 2.45) is 4.99 Å². The second-order valence-corrected chi connectivity index (χ2v) is 10.3. The summed E-state index contributed by atoms with van der Waals surface area (Å²) in [5.41, 5.74) is 2.56. The van der Waals surface area contributed by atoms with Crippen LogP contribution < -0.4 is 9.62 Å². The molecule has 1 aromatic heterocycles. The molecule has 4 aromatic rings. The summed E-state index contributed by atoms with van der Waals surface area (Å²) in [5.74, 6) is 0.166. The third-order valence-corrected chi connectivity index (χ3v) is 7.47. The summed E-state index contributed by atoms with van der Waals surface area (Å²) in [5, 5.41) is 1.97. The number of nitrogens with one attached hydrogen (secondary N) is 1. The highest BCUT2D eigenvalue weighted by Crippen LogP contribution is 2.28. The van der Waals surface area contributed by atoms with E-state index >= 15 is 0 Å². The molecule has 2 heterocycles. The molecule has 0 saturated carbocycles. The summed E-state index contributed by atoms with van der Waals surface area (Å²) in [4.78, 5) is 23.5. The molecule has 0 aliphatic carbocycles. The summed E-state index contributed by atoms with van der Waals surface area (Å²) in [6, 6.07) is 25.2. The summed E-state index contributed by atoms with van der Waals surface area (Å²) < 4.78 is 27.9. The molecule has 1 aliphatic rings. The normalized spacial score (nSPS) is 15.0. The maximum Gasteiger partial charge on any atom is 0.282 e. The maximum absolute atomic E-state index is 13.4. The van der Waals surface area contributed by atoms with Gasteiger partial charge in [-0.1, -0.05) is 72.8 Å². The van der Waals surface area contributed by atoms with Crippen LogP contribution >= 0.6 is 11.3 Å². The number of amidine groups is 1. The zero-order valence-corrected chi connectivity index (χ0v) is 20.5. The van der Waals surface area contributed by atoms with Gasteiger partial charge in [0.1, 0.15) is 11.5 Å². The fraction of sp³-hybridized carbons (Fsp3) is 0. The van der Waals surface area contributed by atoms with Gasteiger partial charge in [0.25, 0.3) is 15.9 Å². The second-order valence-electron chi connectivity index (χ2n) is 7.70. The van der Waals surface area contributed by atoms with Crippen LogP contribution in [-0.4, -0.2) is 25.1 Å². The van der Waals surface area contributed by atoms with Crippen LogP contribution in [0.15, 0.2) is 124 Å². The van der Waals surface area contributed by atoms with E-state index in [0.717, 1.165) is 11.1 Å². The average molecular weight is 513 g/mol. The van der Waals surface area contributed by atoms with Gasteiger partial charge in [-0.2, -0.15) is 0 Å². The van der Waals surface area contributed by atoms with E-state index in [2.05, 4.69) is 14.7 Å². The minimum atomic E-state index is -3.81. The molecule has 3 aromatic carbocycles. The van der Waals surface area contributed by atoms with Crippen molar-refractivity contribution in [3.05, 3.63) is 125 Å². The minimum absolute atomic E-state index is 0.0628. The van der Waals surface area contributed by atoms with Gasteiger partial charge in [-0.3, -0.25) is 14.4 Å². The van der Waals surface area contributed by atoms with Crippen LogP contribution in [0, 0.1) is 0 Å². The molecule has 1 N–H and O–H groups in total. The van der Waals surface area contributed by atoms with Crippen molar-refractivity contribution in [2.75, 3.05) is 9.62 Å². The van der Waals surface area contributed by atoms with Gasteiger partial charge in [0, 0.05) is 17.1 Å². The molecule has 0 spiro atoms. The second kappa shape index (κ2) is 10.1. The number of amides is 1. The lowest BCUT2D eigenvalue weighted by atomic mass is 10.2. The van der Waals surface area contributed by atoms with E-state index in [4.69, 9.17) is 0 Å². The Bertz CT molecular complexity index is 1560. The van der Waals surface area contributed by atoms with E-state index < -0.39 is 10.0 Å². The first kappa shape index (κ1) is 23.4. The standard InChI is InChI=1S/C27H20N4O3S2/c32-26-24(13-7-10-20-8-3-1-4-9-20)29-25(21-11-5-2-6-12-21)31(26)22-14-16-23(17-15-22)36(33,34)30-27-28-18-19-35-27/h1-19H,(H,28,30)/b10-7+,24-13-. The predicted octanol–water partition coefficient (Wildman–Crippen LogP) is 5.33. The third kappa shape index (κ3) is 5.02. The zero-order valence-electron chi connectivity index (χ0n) is 18.9. The Kier molecular flexibility index (Phi) is 6.57. The van der Waals surface area contributed by atoms with Gasteiger partial charge in [-0.15, -0.1) is 11.3 Å². The largest absolute Gasteiger partial charge is 0.282 e. The highest BCUT2D eigenvalue weighted by atomic mass is 32.2. The Morgan fingerprint density at radius 1 is 0.889 bits per heavy atom. The van der Waals surface area contributed by atoms with Crippen LogP contribution in [-0.2, 0) is 14.8 Å². The zero-order chi connectivity index (χ0) is 25.0. The van der Waals surface area contributed by atoms with E-state index in [9.17, 15) is 13.2 Å². The SMILES string of the molecule is O=C1/C(=C/C=C/c2ccccc2)N=C(c2ccccc2)N1c1ccc(S(=O)(=O)Nc2nccs2)cc1. The van der Waals surface area contributed by atoms with Crippen molar-refractivity contribution in [3.63, 3.8) is 0 Å². The van der Waals surface area contributed by atoms with E-state index in [1.807, 2.05) is 66.7 Å². The van der Waals surface area contributed by atoms with Gasteiger partial charge in [0.05, 0.1) is 10.6 Å². The molecule has 7 nitrogen and oxygen atoms in total. The summed E-state index contributed by atoms with van der Waals surface area (Å²) >= 11 is 1.19. The first-order valence-electron chi connectivity index (χ1n) is 11.0. The Labute approximate surface area is 212 Å². The molecule has 178 valence electrons. The number of aliphatic imine (C=N–C) groups is 1. The highest BCUT2D eigenvalue weighted by molar-refractivity contribution is 7.93. The lowest BCUT2D eigenvalue weighted by Crippen LogP contribution is -2.32. The molecule has 0 saturated heterocycles. The van der Waals surface area contributed by atoms with Crippen LogP contribution in [0.3, 0.4) is 0 Å². The molecule has 1 aliphatic heterocycles. The van der Waals surface area contributed by atoms with E-state index in [0.29, 0.717) is 11.5 Å². The highest BCUT2D eigenvalue weighted by Gasteiger charge is 2.32. The van der Waals surface area contributed by atoms with Gasteiger partial charge >= 0.3 is 0 Å². The van der Waals surface area contributed by atoms with Gasteiger partial charge < -0.3 is 0 Å². The van der Waals surface area contributed by atoms with E-state index in [1.165, 1.54) is 34.6 Å². The van der Waals surface area contributed by atoms with E-state index in [-0.39, 0.29) is 21.6 Å². The number of nitrogens with zero attached hydrogens (tertiary/aromatic N) is 3. The molecular formula is C27H20N4O3S2. The number of sulfonamides is 1. The number of thiazole rings is 1. The average Bonchev–Trinajstić information content (AvgIpc) is 3.52. The van der Waals surface area contributed by atoms with Crippen LogP contribution in [0.5, 0.6) is 0 Å². The van der Waals surface area contributed by atoms with Crippen molar-refractivity contribution < 1.29 is 13.2 Å². The Morgan fingerprint density at radius 3 is 2.25 bits per heavy atom. The fourth-order valence-corrected chi connectivity index (χ4v) is 5.38. The Hall–Kier alpha value is -4.34. The Morgan fingerprint density at radius 2 is 1.58 bits per heavy atom.